The Morgan fingerprint density at radius 1 is 1.08 bits per heavy atom. The van der Waals surface area contributed by atoms with Gasteiger partial charge in [-0.1, -0.05) is 40.2 Å². The van der Waals surface area contributed by atoms with E-state index >= 15 is 0 Å². The van der Waals surface area contributed by atoms with Gasteiger partial charge in [0.15, 0.2) is 0 Å². The van der Waals surface area contributed by atoms with Gasteiger partial charge in [0.1, 0.15) is 18.1 Å². The highest BCUT2D eigenvalue weighted by molar-refractivity contribution is 9.10. The molecule has 0 fully saturated rings. The molecule has 1 N–H and O–H groups in total. The molecule has 0 radical (unpaired) electrons. The smallest absolute Gasteiger partial charge is 0.226 e. The van der Waals surface area contributed by atoms with E-state index in [-0.39, 0.29) is 6.04 Å². The maximum absolute atomic E-state index is 5.25. The standard InChI is InChI=1S/C18H15BrN4O/c1-24-15-8-4-13(5-9-15)17-10-16(12-2-6-14(19)7-3-12)22-18-20-11-21-23(17)18/h2-11,17H,1H3,(H,20,21,22)/t17-/m0/s1. The third kappa shape index (κ3) is 2.69. The van der Waals surface area contributed by atoms with Gasteiger partial charge in [0.05, 0.1) is 7.11 Å². The summed E-state index contributed by atoms with van der Waals surface area (Å²) in [7, 11) is 1.67. The molecule has 0 saturated heterocycles. The van der Waals surface area contributed by atoms with Crippen LogP contribution < -0.4 is 10.1 Å². The van der Waals surface area contributed by atoms with Crippen molar-refractivity contribution in [3.63, 3.8) is 0 Å². The average molecular weight is 383 g/mol. The summed E-state index contributed by atoms with van der Waals surface area (Å²) in [6, 6.07) is 16.2. The van der Waals surface area contributed by atoms with Crippen molar-refractivity contribution in [3.8, 4) is 5.75 Å². The zero-order valence-corrected chi connectivity index (χ0v) is 14.6. The molecule has 3 aromatic rings. The Balaban J connectivity index is 1.77. The minimum absolute atomic E-state index is 0.0201. The molecule has 0 amide bonds. The van der Waals surface area contributed by atoms with E-state index in [0.29, 0.717) is 0 Å². The normalized spacial score (nSPS) is 16.1. The maximum Gasteiger partial charge on any atom is 0.226 e. The van der Waals surface area contributed by atoms with Gasteiger partial charge < -0.3 is 10.1 Å². The largest absolute Gasteiger partial charge is 0.497 e. The molecule has 1 aliphatic heterocycles. The molecule has 2 aromatic carbocycles. The molecule has 0 bridgehead atoms. The monoisotopic (exact) mass is 382 g/mol. The summed E-state index contributed by atoms with van der Waals surface area (Å²) in [5.41, 5.74) is 3.24. The van der Waals surface area contributed by atoms with E-state index in [1.807, 2.05) is 28.9 Å². The molecule has 1 aromatic heterocycles. The van der Waals surface area contributed by atoms with E-state index in [9.17, 15) is 0 Å². The van der Waals surface area contributed by atoms with Crippen molar-refractivity contribution in [2.45, 2.75) is 6.04 Å². The van der Waals surface area contributed by atoms with Crippen LogP contribution >= 0.6 is 15.9 Å². The molecular formula is C18H15BrN4O. The van der Waals surface area contributed by atoms with E-state index in [2.05, 4.69) is 61.7 Å². The predicted octanol–water partition coefficient (Wildman–Crippen LogP) is 4.11. The molecule has 0 unspecified atom stereocenters. The maximum atomic E-state index is 5.25. The number of ether oxygens (including phenoxy) is 1. The number of benzene rings is 2. The van der Waals surface area contributed by atoms with E-state index in [1.165, 1.54) is 0 Å². The van der Waals surface area contributed by atoms with Crippen LogP contribution in [0.1, 0.15) is 17.2 Å². The number of hydrogen-bond acceptors (Lipinski definition) is 4. The molecule has 6 heteroatoms. The lowest BCUT2D eigenvalue weighted by molar-refractivity contribution is 0.414. The third-order valence-corrected chi connectivity index (χ3v) is 4.55. The number of aromatic nitrogens is 3. The SMILES string of the molecule is COc1ccc([C@@H]2C=C(c3ccc(Br)cc3)Nc3ncnn32)cc1. The second-order valence-corrected chi connectivity index (χ2v) is 6.37. The number of nitrogens with zero attached hydrogens (tertiary/aromatic N) is 3. The first-order chi connectivity index (χ1) is 11.7. The quantitative estimate of drug-likeness (QED) is 0.740. The number of methoxy groups -OCH3 is 1. The van der Waals surface area contributed by atoms with Crippen LogP contribution in [0.15, 0.2) is 65.4 Å². The summed E-state index contributed by atoms with van der Waals surface area (Å²) >= 11 is 3.47. The van der Waals surface area contributed by atoms with Crippen LogP contribution in [-0.2, 0) is 0 Å². The highest BCUT2D eigenvalue weighted by Crippen LogP contribution is 2.32. The summed E-state index contributed by atoms with van der Waals surface area (Å²) in [5.74, 6) is 1.57. The van der Waals surface area contributed by atoms with Crippen molar-refractivity contribution in [2.75, 3.05) is 12.4 Å². The van der Waals surface area contributed by atoms with Gasteiger partial charge >= 0.3 is 0 Å². The highest BCUT2D eigenvalue weighted by Gasteiger charge is 2.23. The third-order valence-electron chi connectivity index (χ3n) is 4.02. The Morgan fingerprint density at radius 2 is 1.83 bits per heavy atom. The fourth-order valence-electron chi connectivity index (χ4n) is 2.77. The minimum atomic E-state index is -0.0201. The Hall–Kier alpha value is -2.60. The second-order valence-electron chi connectivity index (χ2n) is 5.46. The second kappa shape index (κ2) is 6.13. The van der Waals surface area contributed by atoms with Crippen molar-refractivity contribution < 1.29 is 4.74 Å². The summed E-state index contributed by atoms with van der Waals surface area (Å²) < 4.78 is 8.18. The van der Waals surface area contributed by atoms with Crippen molar-refractivity contribution in [1.82, 2.24) is 14.8 Å². The predicted molar refractivity (Wildman–Crippen MR) is 96.9 cm³/mol. The number of fused-ring (bicyclic) bond motifs is 1. The molecular weight excluding hydrogens is 368 g/mol. The number of halogens is 1. The molecule has 0 saturated carbocycles. The zero-order chi connectivity index (χ0) is 16.5. The fourth-order valence-corrected chi connectivity index (χ4v) is 3.03. The molecule has 4 rings (SSSR count). The molecule has 24 heavy (non-hydrogen) atoms. The molecule has 1 atom stereocenters. The van der Waals surface area contributed by atoms with E-state index < -0.39 is 0 Å². The Morgan fingerprint density at radius 3 is 2.54 bits per heavy atom. The molecule has 0 spiro atoms. The molecule has 2 heterocycles. The number of anilines is 1. The molecule has 120 valence electrons. The molecule has 1 aliphatic rings. The summed E-state index contributed by atoms with van der Waals surface area (Å²) in [6.07, 6.45) is 3.73. The van der Waals surface area contributed by atoms with Gasteiger partial charge in [-0.3, -0.25) is 0 Å². The van der Waals surface area contributed by atoms with Crippen molar-refractivity contribution in [3.05, 3.63) is 76.5 Å². The van der Waals surface area contributed by atoms with Crippen LogP contribution in [0, 0.1) is 0 Å². The van der Waals surface area contributed by atoms with Gasteiger partial charge in [0.2, 0.25) is 5.95 Å². The van der Waals surface area contributed by atoms with Gasteiger partial charge in [-0.2, -0.15) is 10.1 Å². The topological polar surface area (TPSA) is 52.0 Å². The van der Waals surface area contributed by atoms with Gasteiger partial charge in [-0.05, 0) is 41.5 Å². The van der Waals surface area contributed by atoms with Gasteiger partial charge in [0.25, 0.3) is 0 Å². The lowest BCUT2D eigenvalue weighted by atomic mass is 10.0. The van der Waals surface area contributed by atoms with Crippen molar-refractivity contribution in [2.24, 2.45) is 0 Å². The highest BCUT2D eigenvalue weighted by atomic mass is 79.9. The summed E-state index contributed by atoms with van der Waals surface area (Å²) in [4.78, 5) is 4.33. The van der Waals surface area contributed by atoms with Crippen LogP contribution in [0.25, 0.3) is 5.70 Å². The number of nitrogens with one attached hydrogen (secondary N) is 1. The Bertz CT molecular complexity index is 884. The van der Waals surface area contributed by atoms with Crippen LogP contribution in [0.3, 0.4) is 0 Å². The Kier molecular flexibility index (Phi) is 3.82. The first-order valence-corrected chi connectivity index (χ1v) is 8.32. The van der Waals surface area contributed by atoms with Gasteiger partial charge in [0, 0.05) is 10.2 Å². The van der Waals surface area contributed by atoms with E-state index in [1.54, 1.807) is 13.4 Å². The minimum Gasteiger partial charge on any atom is -0.497 e. The molecule has 5 nitrogen and oxygen atoms in total. The summed E-state index contributed by atoms with van der Waals surface area (Å²) in [6.45, 7) is 0. The number of allylic oxidation sites excluding steroid dienone is 1. The lowest BCUT2D eigenvalue weighted by Gasteiger charge is -2.24. The number of hydrogen-bond donors (Lipinski definition) is 1. The van der Waals surface area contributed by atoms with Crippen LogP contribution in [0.2, 0.25) is 0 Å². The first kappa shape index (κ1) is 15.0. The van der Waals surface area contributed by atoms with Crippen molar-refractivity contribution >= 4 is 27.6 Å². The van der Waals surface area contributed by atoms with Crippen LogP contribution in [-0.4, -0.2) is 21.9 Å². The van der Waals surface area contributed by atoms with E-state index in [0.717, 1.165) is 33.0 Å². The average Bonchev–Trinajstić information content (AvgIpc) is 3.10. The van der Waals surface area contributed by atoms with E-state index in [4.69, 9.17) is 4.74 Å². The van der Waals surface area contributed by atoms with Crippen LogP contribution in [0.4, 0.5) is 5.95 Å². The van der Waals surface area contributed by atoms with Crippen LogP contribution in [0.5, 0.6) is 5.75 Å². The summed E-state index contributed by atoms with van der Waals surface area (Å²) in [5, 5.41) is 7.70. The van der Waals surface area contributed by atoms with Gasteiger partial charge in [-0.25, -0.2) is 4.68 Å². The first-order valence-electron chi connectivity index (χ1n) is 7.53. The molecule has 0 aliphatic carbocycles. The lowest BCUT2D eigenvalue weighted by Crippen LogP contribution is -2.20. The Labute approximate surface area is 148 Å². The van der Waals surface area contributed by atoms with Gasteiger partial charge in [-0.15, -0.1) is 0 Å². The van der Waals surface area contributed by atoms with Crippen molar-refractivity contribution in [1.29, 1.82) is 0 Å². The zero-order valence-electron chi connectivity index (χ0n) is 13.0. The number of rotatable bonds is 3. The fraction of sp³-hybridized carbons (Fsp3) is 0.111.